The summed E-state index contributed by atoms with van der Waals surface area (Å²) >= 11 is 5.79. The molecule has 0 bridgehead atoms. The van der Waals surface area contributed by atoms with Crippen molar-refractivity contribution in [2.75, 3.05) is 13.1 Å². The highest BCUT2D eigenvalue weighted by molar-refractivity contribution is 7.88. The smallest absolute Gasteiger partial charge is 0.212 e. The van der Waals surface area contributed by atoms with Crippen LogP contribution in [0.4, 0.5) is 0 Å². The molecule has 0 N–H and O–H groups in total. The molecule has 0 saturated carbocycles. The number of hydrogen-bond donors (Lipinski definition) is 0. The molecule has 1 aliphatic rings. The van der Waals surface area contributed by atoms with Crippen LogP contribution in [0.3, 0.4) is 0 Å². The van der Waals surface area contributed by atoms with E-state index in [9.17, 15) is 8.42 Å². The van der Waals surface area contributed by atoms with Crippen molar-refractivity contribution in [2.24, 2.45) is 5.92 Å². The van der Waals surface area contributed by atoms with Crippen LogP contribution in [-0.4, -0.2) is 25.8 Å². The lowest BCUT2D eigenvalue weighted by Gasteiger charge is -2.29. The Kier molecular flexibility index (Phi) is 4.30. The van der Waals surface area contributed by atoms with Gasteiger partial charge >= 0.3 is 0 Å². The van der Waals surface area contributed by atoms with Crippen LogP contribution in [0.2, 0.25) is 5.02 Å². The molecule has 0 unspecified atom stereocenters. The fraction of sp³-hybridized carbons (Fsp3) is 0.538. The van der Waals surface area contributed by atoms with E-state index in [0.29, 0.717) is 24.0 Å². The van der Waals surface area contributed by atoms with Crippen LogP contribution in [0.5, 0.6) is 0 Å². The molecule has 1 aromatic carbocycles. The van der Waals surface area contributed by atoms with Crippen LogP contribution >= 0.6 is 11.6 Å². The van der Waals surface area contributed by atoms with Crippen LogP contribution in [-0.2, 0) is 15.8 Å². The molecule has 1 heterocycles. The van der Waals surface area contributed by atoms with Gasteiger partial charge in [0.15, 0.2) is 0 Å². The minimum absolute atomic E-state index is 0.0680. The second kappa shape index (κ2) is 5.59. The van der Waals surface area contributed by atoms with Crippen molar-refractivity contribution >= 4 is 21.6 Å². The van der Waals surface area contributed by atoms with Crippen molar-refractivity contribution in [3.05, 3.63) is 34.9 Å². The highest BCUT2D eigenvalue weighted by Crippen LogP contribution is 2.21. The first-order valence-corrected chi connectivity index (χ1v) is 8.18. The number of benzene rings is 1. The third kappa shape index (κ3) is 3.46. The zero-order valence-electron chi connectivity index (χ0n) is 10.5. The molecular weight excluding hydrogens is 270 g/mol. The number of nitrogens with zero attached hydrogens (tertiary/aromatic N) is 1. The van der Waals surface area contributed by atoms with Crippen LogP contribution in [0.1, 0.15) is 25.3 Å². The Morgan fingerprint density at radius 3 is 2.33 bits per heavy atom. The molecule has 0 amide bonds. The standard InChI is InChI=1S/C13H18ClNO2S/c1-11-6-8-15(9-7-11)18(16,17)10-12-2-4-13(14)5-3-12/h2-5,11H,6-10H2,1H3. The Labute approximate surface area is 114 Å². The first-order valence-electron chi connectivity index (χ1n) is 6.19. The first kappa shape index (κ1) is 13.8. The Bertz CT molecular complexity index is 490. The van der Waals surface area contributed by atoms with E-state index in [2.05, 4.69) is 6.92 Å². The van der Waals surface area contributed by atoms with Crippen molar-refractivity contribution in [1.29, 1.82) is 0 Å². The highest BCUT2D eigenvalue weighted by Gasteiger charge is 2.26. The van der Waals surface area contributed by atoms with E-state index in [4.69, 9.17) is 11.6 Å². The second-order valence-corrected chi connectivity index (χ2v) is 7.37. The van der Waals surface area contributed by atoms with Crippen molar-refractivity contribution in [1.82, 2.24) is 4.31 Å². The van der Waals surface area contributed by atoms with Gasteiger partial charge in [0.25, 0.3) is 0 Å². The lowest BCUT2D eigenvalue weighted by Crippen LogP contribution is -2.38. The topological polar surface area (TPSA) is 37.4 Å². The summed E-state index contributed by atoms with van der Waals surface area (Å²) in [5, 5.41) is 0.628. The van der Waals surface area contributed by atoms with Gasteiger partial charge in [0.1, 0.15) is 0 Å². The van der Waals surface area contributed by atoms with E-state index in [1.54, 1.807) is 28.6 Å². The summed E-state index contributed by atoms with van der Waals surface area (Å²) in [5.41, 5.74) is 0.790. The van der Waals surface area contributed by atoms with E-state index in [1.165, 1.54) is 0 Å². The average Bonchev–Trinajstić information content (AvgIpc) is 2.32. The predicted molar refractivity (Wildman–Crippen MR) is 74.0 cm³/mol. The minimum atomic E-state index is -3.18. The third-order valence-corrected chi connectivity index (χ3v) is 5.50. The number of sulfonamides is 1. The molecule has 18 heavy (non-hydrogen) atoms. The molecule has 0 atom stereocenters. The van der Waals surface area contributed by atoms with Gasteiger partial charge in [-0.25, -0.2) is 12.7 Å². The fourth-order valence-electron chi connectivity index (χ4n) is 2.15. The van der Waals surface area contributed by atoms with Gasteiger partial charge < -0.3 is 0 Å². The molecule has 0 aliphatic carbocycles. The zero-order chi connectivity index (χ0) is 13.2. The van der Waals surface area contributed by atoms with E-state index in [-0.39, 0.29) is 5.75 Å². The molecule has 5 heteroatoms. The Balaban J connectivity index is 2.05. The molecular formula is C13H18ClNO2S. The number of piperidine rings is 1. The summed E-state index contributed by atoms with van der Waals surface area (Å²) in [6.07, 6.45) is 1.92. The molecule has 0 spiro atoms. The summed E-state index contributed by atoms with van der Waals surface area (Å²) < 4.78 is 26.1. The highest BCUT2D eigenvalue weighted by atomic mass is 35.5. The summed E-state index contributed by atoms with van der Waals surface area (Å²) in [5.74, 6) is 0.699. The van der Waals surface area contributed by atoms with Gasteiger partial charge in [-0.05, 0) is 36.5 Å². The van der Waals surface area contributed by atoms with Crippen LogP contribution < -0.4 is 0 Å². The SMILES string of the molecule is CC1CCN(S(=O)(=O)Cc2ccc(Cl)cc2)CC1. The van der Waals surface area contributed by atoms with Gasteiger partial charge in [0, 0.05) is 18.1 Å². The summed E-state index contributed by atoms with van der Waals surface area (Å²) in [6.45, 7) is 3.47. The van der Waals surface area contributed by atoms with Crippen molar-refractivity contribution < 1.29 is 8.42 Å². The van der Waals surface area contributed by atoms with Gasteiger partial charge in [-0.3, -0.25) is 0 Å². The normalized spacial score (nSPS) is 19.0. The van der Waals surface area contributed by atoms with Gasteiger partial charge in [0.05, 0.1) is 5.75 Å². The number of rotatable bonds is 3. The maximum absolute atomic E-state index is 12.2. The Morgan fingerprint density at radius 1 is 1.22 bits per heavy atom. The van der Waals surface area contributed by atoms with Crippen LogP contribution in [0, 0.1) is 5.92 Å². The Hall–Kier alpha value is -0.580. The largest absolute Gasteiger partial charge is 0.218 e. The van der Waals surface area contributed by atoms with Crippen LogP contribution in [0.25, 0.3) is 0 Å². The second-order valence-electron chi connectivity index (χ2n) is 4.96. The third-order valence-electron chi connectivity index (χ3n) is 3.40. The summed E-state index contributed by atoms with van der Waals surface area (Å²) in [4.78, 5) is 0. The van der Waals surface area contributed by atoms with Crippen molar-refractivity contribution in [2.45, 2.75) is 25.5 Å². The van der Waals surface area contributed by atoms with Gasteiger partial charge in [-0.15, -0.1) is 0 Å². The quantitative estimate of drug-likeness (QED) is 0.857. The van der Waals surface area contributed by atoms with Gasteiger partial charge in [-0.2, -0.15) is 0 Å². The molecule has 2 rings (SSSR count). The lowest BCUT2D eigenvalue weighted by atomic mass is 10.0. The number of halogens is 1. The monoisotopic (exact) mass is 287 g/mol. The first-order chi connectivity index (χ1) is 8.47. The molecule has 1 aliphatic heterocycles. The van der Waals surface area contributed by atoms with E-state index >= 15 is 0 Å². The zero-order valence-corrected chi connectivity index (χ0v) is 12.0. The molecule has 3 nitrogen and oxygen atoms in total. The van der Waals surface area contributed by atoms with Gasteiger partial charge in [0.2, 0.25) is 10.0 Å². The molecule has 1 aromatic rings. The maximum atomic E-state index is 12.2. The predicted octanol–water partition coefficient (Wildman–Crippen LogP) is 2.90. The van der Waals surface area contributed by atoms with E-state index in [0.717, 1.165) is 18.4 Å². The number of hydrogen-bond acceptors (Lipinski definition) is 2. The van der Waals surface area contributed by atoms with Gasteiger partial charge in [-0.1, -0.05) is 30.7 Å². The molecule has 0 aromatic heterocycles. The van der Waals surface area contributed by atoms with E-state index in [1.807, 2.05) is 0 Å². The maximum Gasteiger partial charge on any atom is 0.218 e. The average molecular weight is 288 g/mol. The summed E-state index contributed by atoms with van der Waals surface area (Å²) in [7, 11) is -3.18. The van der Waals surface area contributed by atoms with Crippen LogP contribution in [0.15, 0.2) is 24.3 Å². The molecule has 1 saturated heterocycles. The lowest BCUT2D eigenvalue weighted by molar-refractivity contribution is 0.287. The molecule has 1 fully saturated rings. The Morgan fingerprint density at radius 2 is 1.78 bits per heavy atom. The summed E-state index contributed by atoms with van der Waals surface area (Å²) in [6, 6.07) is 6.99. The minimum Gasteiger partial charge on any atom is -0.212 e. The van der Waals surface area contributed by atoms with E-state index < -0.39 is 10.0 Å². The molecule has 0 radical (unpaired) electrons. The molecule has 100 valence electrons. The van der Waals surface area contributed by atoms with Crippen molar-refractivity contribution in [3.63, 3.8) is 0 Å². The van der Waals surface area contributed by atoms with Crippen molar-refractivity contribution in [3.8, 4) is 0 Å². The fourth-order valence-corrected chi connectivity index (χ4v) is 3.84.